The van der Waals surface area contributed by atoms with Crippen molar-refractivity contribution in [3.05, 3.63) is 94.9 Å². The van der Waals surface area contributed by atoms with Gasteiger partial charge in [-0.2, -0.15) is 9.78 Å². The topological polar surface area (TPSA) is 93.5 Å². The minimum atomic E-state index is -0.795. The molecule has 0 saturated carbocycles. The summed E-state index contributed by atoms with van der Waals surface area (Å²) in [5.74, 6) is -1.27. The second-order valence-electron chi connectivity index (χ2n) is 8.50. The lowest BCUT2D eigenvalue weighted by Gasteiger charge is -2.27. The van der Waals surface area contributed by atoms with Gasteiger partial charge in [-0.05, 0) is 63.2 Å². The Labute approximate surface area is 209 Å². The van der Waals surface area contributed by atoms with Gasteiger partial charge in [0.2, 0.25) is 0 Å². The second-order valence-corrected chi connectivity index (χ2v) is 8.50. The molecule has 0 aliphatic carbocycles. The van der Waals surface area contributed by atoms with Crippen LogP contribution in [-0.4, -0.2) is 40.9 Å². The van der Waals surface area contributed by atoms with Crippen molar-refractivity contribution in [2.75, 3.05) is 23.4 Å². The van der Waals surface area contributed by atoms with Crippen molar-refractivity contribution >= 4 is 34.0 Å². The molecule has 36 heavy (non-hydrogen) atoms. The summed E-state index contributed by atoms with van der Waals surface area (Å²) in [6.45, 7) is 6.72. The summed E-state index contributed by atoms with van der Waals surface area (Å²) >= 11 is 0. The molecule has 0 radical (unpaired) electrons. The fourth-order valence-electron chi connectivity index (χ4n) is 4.06. The molecule has 0 spiro atoms. The Morgan fingerprint density at radius 1 is 0.944 bits per heavy atom. The average Bonchev–Trinajstić information content (AvgIpc) is 2.89. The van der Waals surface area contributed by atoms with Gasteiger partial charge in [0.1, 0.15) is 0 Å². The lowest BCUT2D eigenvalue weighted by atomic mass is 10.1. The quantitative estimate of drug-likeness (QED) is 0.372. The van der Waals surface area contributed by atoms with E-state index in [0.717, 1.165) is 16.9 Å². The van der Waals surface area contributed by atoms with Crippen LogP contribution in [0.3, 0.4) is 0 Å². The number of amides is 1. The van der Waals surface area contributed by atoms with E-state index in [1.807, 2.05) is 30.3 Å². The number of para-hydroxylation sites is 1. The molecular formula is C28H28N4O4. The Bertz CT molecular complexity index is 1430. The molecule has 3 aromatic carbocycles. The van der Waals surface area contributed by atoms with Crippen LogP contribution in [0.4, 0.5) is 11.4 Å². The fourth-order valence-corrected chi connectivity index (χ4v) is 4.06. The zero-order valence-electron chi connectivity index (χ0n) is 20.5. The summed E-state index contributed by atoms with van der Waals surface area (Å²) in [6.07, 6.45) is 0. The van der Waals surface area contributed by atoms with E-state index in [1.54, 1.807) is 48.5 Å². The first-order valence-electron chi connectivity index (χ1n) is 11.8. The van der Waals surface area contributed by atoms with Crippen molar-refractivity contribution in [1.29, 1.82) is 0 Å². The molecule has 1 aromatic heterocycles. The molecule has 0 fully saturated rings. The smallest absolute Gasteiger partial charge is 0.359 e. The Kier molecular flexibility index (Phi) is 7.44. The average molecular weight is 485 g/mol. The minimum Gasteiger partial charge on any atom is -0.451 e. The summed E-state index contributed by atoms with van der Waals surface area (Å²) in [5.41, 5.74) is 1.78. The Morgan fingerprint density at radius 2 is 1.58 bits per heavy atom. The van der Waals surface area contributed by atoms with Gasteiger partial charge in [-0.3, -0.25) is 9.59 Å². The van der Waals surface area contributed by atoms with Crippen LogP contribution in [0, 0.1) is 0 Å². The number of benzene rings is 3. The molecule has 184 valence electrons. The number of aromatic nitrogens is 2. The van der Waals surface area contributed by atoms with E-state index in [2.05, 4.69) is 36.1 Å². The molecule has 4 aromatic rings. The molecule has 0 aliphatic rings. The Balaban J connectivity index is 1.49. The predicted octanol–water partition coefficient (Wildman–Crippen LogP) is 4.42. The maximum atomic E-state index is 13.0. The van der Waals surface area contributed by atoms with Crippen LogP contribution in [0.15, 0.2) is 83.7 Å². The summed E-state index contributed by atoms with van der Waals surface area (Å²) in [5, 5.41) is 7.70. The van der Waals surface area contributed by atoms with E-state index in [-0.39, 0.29) is 11.3 Å². The van der Waals surface area contributed by atoms with E-state index in [9.17, 15) is 14.4 Å². The third kappa shape index (κ3) is 5.27. The van der Waals surface area contributed by atoms with Crippen LogP contribution >= 0.6 is 0 Å². The van der Waals surface area contributed by atoms with E-state index >= 15 is 0 Å². The van der Waals surface area contributed by atoms with Gasteiger partial charge in [0.05, 0.1) is 11.1 Å². The van der Waals surface area contributed by atoms with Gasteiger partial charge in [0.15, 0.2) is 12.3 Å². The highest BCUT2D eigenvalue weighted by molar-refractivity contribution is 6.03. The van der Waals surface area contributed by atoms with Crippen molar-refractivity contribution in [3.63, 3.8) is 0 Å². The van der Waals surface area contributed by atoms with Gasteiger partial charge in [-0.15, -0.1) is 0 Å². The van der Waals surface area contributed by atoms with Gasteiger partial charge >= 0.3 is 5.97 Å². The van der Waals surface area contributed by atoms with Gasteiger partial charge < -0.3 is 15.0 Å². The number of anilines is 2. The van der Waals surface area contributed by atoms with Gasteiger partial charge in [0, 0.05) is 29.3 Å². The number of hydrogen-bond acceptors (Lipinski definition) is 6. The molecule has 1 N–H and O–H groups in total. The second kappa shape index (κ2) is 10.9. The molecule has 4 rings (SSSR count). The molecule has 0 unspecified atom stereocenters. The van der Waals surface area contributed by atoms with Crippen LogP contribution in [0.5, 0.6) is 0 Å². The molecule has 8 heteroatoms. The standard InChI is InChI=1S/C28H28N4O4/c1-4-31(19(2)3)21-16-14-20(15-17-21)29-25(33)18-36-28(35)26-23-12-8-9-13-24(23)27(34)32(30-26)22-10-6-5-7-11-22/h5-17,19H,4,18H2,1-3H3,(H,29,33). The number of nitrogens with zero attached hydrogens (tertiary/aromatic N) is 3. The number of rotatable bonds is 8. The summed E-state index contributed by atoms with van der Waals surface area (Å²) < 4.78 is 6.44. The molecule has 1 heterocycles. The SMILES string of the molecule is CCN(c1ccc(NC(=O)COC(=O)c2nn(-c3ccccc3)c(=O)c3ccccc23)cc1)C(C)C. The third-order valence-electron chi connectivity index (χ3n) is 5.78. The Hall–Kier alpha value is -4.46. The maximum absolute atomic E-state index is 13.0. The van der Waals surface area contributed by atoms with Gasteiger partial charge in [-0.1, -0.05) is 36.4 Å². The van der Waals surface area contributed by atoms with Crippen molar-refractivity contribution in [3.8, 4) is 5.69 Å². The lowest BCUT2D eigenvalue weighted by molar-refractivity contribution is -0.119. The largest absolute Gasteiger partial charge is 0.451 e. The molecule has 0 saturated heterocycles. The van der Waals surface area contributed by atoms with Gasteiger partial charge in [0.25, 0.3) is 11.5 Å². The monoisotopic (exact) mass is 484 g/mol. The van der Waals surface area contributed by atoms with Crippen LogP contribution in [0.1, 0.15) is 31.3 Å². The first-order valence-corrected chi connectivity index (χ1v) is 11.8. The number of fused-ring (bicyclic) bond motifs is 1. The third-order valence-corrected chi connectivity index (χ3v) is 5.78. The van der Waals surface area contributed by atoms with Crippen molar-refractivity contribution in [2.45, 2.75) is 26.8 Å². The summed E-state index contributed by atoms with van der Waals surface area (Å²) in [6, 6.07) is 23.4. The number of carbonyl (C=O) groups is 2. The summed E-state index contributed by atoms with van der Waals surface area (Å²) in [4.78, 5) is 40.6. The number of nitrogens with one attached hydrogen (secondary N) is 1. The number of hydrogen-bond donors (Lipinski definition) is 1. The molecule has 0 aliphatic heterocycles. The van der Waals surface area contributed by atoms with Crippen LogP contribution in [0.25, 0.3) is 16.5 Å². The van der Waals surface area contributed by atoms with E-state index in [4.69, 9.17) is 4.74 Å². The molecule has 0 bridgehead atoms. The summed E-state index contributed by atoms with van der Waals surface area (Å²) in [7, 11) is 0. The highest BCUT2D eigenvalue weighted by Crippen LogP contribution is 2.20. The molecule has 1 amide bonds. The normalized spacial score (nSPS) is 10.9. The van der Waals surface area contributed by atoms with Crippen LogP contribution < -0.4 is 15.8 Å². The highest BCUT2D eigenvalue weighted by atomic mass is 16.5. The predicted molar refractivity (Wildman–Crippen MR) is 141 cm³/mol. The number of esters is 1. The maximum Gasteiger partial charge on any atom is 0.359 e. The zero-order valence-corrected chi connectivity index (χ0v) is 20.5. The highest BCUT2D eigenvalue weighted by Gasteiger charge is 2.20. The molecule has 8 nitrogen and oxygen atoms in total. The van der Waals surface area contributed by atoms with Crippen molar-refractivity contribution < 1.29 is 14.3 Å². The van der Waals surface area contributed by atoms with Crippen molar-refractivity contribution in [2.24, 2.45) is 0 Å². The first kappa shape index (κ1) is 24.7. The molecular weight excluding hydrogens is 456 g/mol. The first-order chi connectivity index (χ1) is 17.4. The van der Waals surface area contributed by atoms with Crippen LogP contribution in [0.2, 0.25) is 0 Å². The zero-order chi connectivity index (χ0) is 25.7. The Morgan fingerprint density at radius 3 is 2.22 bits per heavy atom. The van der Waals surface area contributed by atoms with E-state index in [0.29, 0.717) is 28.2 Å². The van der Waals surface area contributed by atoms with Crippen molar-refractivity contribution in [1.82, 2.24) is 9.78 Å². The van der Waals surface area contributed by atoms with Gasteiger partial charge in [-0.25, -0.2) is 4.79 Å². The fraction of sp³-hybridized carbons (Fsp3) is 0.214. The molecule has 0 atom stereocenters. The van der Waals surface area contributed by atoms with Crippen LogP contribution in [-0.2, 0) is 9.53 Å². The minimum absolute atomic E-state index is 0.0421. The lowest BCUT2D eigenvalue weighted by Crippen LogP contribution is -2.30. The van der Waals surface area contributed by atoms with E-state index in [1.165, 1.54) is 0 Å². The number of carbonyl (C=O) groups excluding carboxylic acids is 2. The number of ether oxygens (including phenoxy) is 1. The van der Waals surface area contributed by atoms with E-state index < -0.39 is 18.5 Å².